The van der Waals surface area contributed by atoms with E-state index in [0.29, 0.717) is 25.4 Å². The lowest BCUT2D eigenvalue weighted by molar-refractivity contribution is -0.152. The third-order valence-corrected chi connectivity index (χ3v) is 4.75. The average molecular weight is 294 g/mol. The van der Waals surface area contributed by atoms with Crippen LogP contribution in [0.3, 0.4) is 0 Å². The number of ether oxygens (including phenoxy) is 1. The number of hydrogen-bond acceptors (Lipinski definition) is 4. The van der Waals surface area contributed by atoms with Gasteiger partial charge in [-0.15, -0.1) is 0 Å². The summed E-state index contributed by atoms with van der Waals surface area (Å²) in [6.07, 6.45) is 4.15. The molecule has 0 aromatic heterocycles. The third kappa shape index (κ3) is 2.89. The van der Waals surface area contributed by atoms with Crippen molar-refractivity contribution in [2.45, 2.75) is 38.1 Å². The highest BCUT2D eigenvalue weighted by Crippen LogP contribution is 2.33. The van der Waals surface area contributed by atoms with Gasteiger partial charge in [-0.1, -0.05) is 0 Å². The molecule has 2 saturated heterocycles. The van der Waals surface area contributed by atoms with Crippen molar-refractivity contribution in [1.82, 2.24) is 9.80 Å². The first-order chi connectivity index (χ1) is 10.1. The molecule has 0 spiro atoms. The molecule has 21 heavy (non-hydrogen) atoms. The number of likely N-dealkylation sites (tertiary alicyclic amines) is 2. The summed E-state index contributed by atoms with van der Waals surface area (Å²) in [5.74, 6) is 0.0162. The molecule has 0 aromatic rings. The minimum Gasteiger partial charge on any atom is -0.467 e. The van der Waals surface area contributed by atoms with Crippen molar-refractivity contribution >= 4 is 17.8 Å². The number of hydrogen-bond donors (Lipinski definition) is 0. The van der Waals surface area contributed by atoms with Gasteiger partial charge in [0.2, 0.25) is 11.8 Å². The molecule has 3 rings (SSSR count). The van der Waals surface area contributed by atoms with E-state index >= 15 is 0 Å². The Bertz CT molecular complexity index is 461. The molecule has 3 aliphatic rings. The Kier molecular flexibility index (Phi) is 3.87. The first kappa shape index (κ1) is 14.4. The third-order valence-electron chi connectivity index (χ3n) is 4.75. The van der Waals surface area contributed by atoms with Crippen molar-refractivity contribution in [3.63, 3.8) is 0 Å². The van der Waals surface area contributed by atoms with Crippen LogP contribution >= 0.6 is 0 Å². The fraction of sp³-hybridized carbons (Fsp3) is 0.800. The monoisotopic (exact) mass is 294 g/mol. The molecule has 6 heteroatoms. The van der Waals surface area contributed by atoms with Gasteiger partial charge in [0.05, 0.1) is 13.0 Å². The van der Waals surface area contributed by atoms with Crippen LogP contribution in [-0.4, -0.2) is 60.4 Å². The van der Waals surface area contributed by atoms with Gasteiger partial charge in [0.1, 0.15) is 6.04 Å². The zero-order chi connectivity index (χ0) is 15.0. The van der Waals surface area contributed by atoms with E-state index < -0.39 is 6.04 Å². The molecule has 1 aliphatic carbocycles. The summed E-state index contributed by atoms with van der Waals surface area (Å²) in [5.41, 5.74) is 0. The molecule has 1 saturated carbocycles. The molecule has 2 heterocycles. The highest BCUT2D eigenvalue weighted by molar-refractivity contribution is 5.92. The molecule has 2 atom stereocenters. The van der Waals surface area contributed by atoms with Crippen LogP contribution in [0, 0.1) is 11.8 Å². The van der Waals surface area contributed by atoms with Crippen molar-refractivity contribution in [3.8, 4) is 0 Å². The summed E-state index contributed by atoms with van der Waals surface area (Å²) in [6, 6.07) is -0.463. The summed E-state index contributed by atoms with van der Waals surface area (Å²) in [6.45, 7) is 1.90. The van der Waals surface area contributed by atoms with Crippen molar-refractivity contribution in [3.05, 3.63) is 0 Å². The summed E-state index contributed by atoms with van der Waals surface area (Å²) in [7, 11) is 1.35. The minimum absolute atomic E-state index is 0.0606. The standard InChI is InChI=1S/C15H22N2O4/c1-21-15(20)12-3-2-6-17(12)14(19)11-7-13(18)16(9-11)8-10-4-5-10/h10-12H,2-9H2,1H3. The van der Waals surface area contributed by atoms with Gasteiger partial charge in [-0.2, -0.15) is 0 Å². The molecular weight excluding hydrogens is 272 g/mol. The zero-order valence-electron chi connectivity index (χ0n) is 12.4. The molecule has 2 unspecified atom stereocenters. The van der Waals surface area contributed by atoms with Crippen LogP contribution in [0.5, 0.6) is 0 Å². The van der Waals surface area contributed by atoms with Crippen LogP contribution in [0.25, 0.3) is 0 Å². The Labute approximate surface area is 124 Å². The van der Waals surface area contributed by atoms with E-state index in [1.165, 1.54) is 20.0 Å². The summed E-state index contributed by atoms with van der Waals surface area (Å²) in [4.78, 5) is 39.8. The lowest BCUT2D eigenvalue weighted by Crippen LogP contribution is -2.44. The van der Waals surface area contributed by atoms with Crippen LogP contribution < -0.4 is 0 Å². The summed E-state index contributed by atoms with van der Waals surface area (Å²) >= 11 is 0. The smallest absolute Gasteiger partial charge is 0.328 e. The Balaban J connectivity index is 1.62. The molecule has 0 bridgehead atoms. The van der Waals surface area contributed by atoms with E-state index in [1.54, 1.807) is 4.90 Å². The number of esters is 1. The second kappa shape index (κ2) is 5.66. The highest BCUT2D eigenvalue weighted by atomic mass is 16.5. The van der Waals surface area contributed by atoms with E-state index in [9.17, 15) is 14.4 Å². The Morgan fingerprint density at radius 2 is 2.05 bits per heavy atom. The van der Waals surface area contributed by atoms with E-state index in [4.69, 9.17) is 4.74 Å². The zero-order valence-corrected chi connectivity index (χ0v) is 12.4. The van der Waals surface area contributed by atoms with Crippen molar-refractivity contribution in [1.29, 1.82) is 0 Å². The Morgan fingerprint density at radius 1 is 1.29 bits per heavy atom. The van der Waals surface area contributed by atoms with Crippen LogP contribution in [-0.2, 0) is 19.1 Å². The Hall–Kier alpha value is -1.59. The average Bonchev–Trinajstić information content (AvgIpc) is 3.02. The molecule has 2 aliphatic heterocycles. The fourth-order valence-electron chi connectivity index (χ4n) is 3.37. The van der Waals surface area contributed by atoms with Crippen molar-refractivity contribution < 1.29 is 19.1 Å². The fourth-order valence-corrected chi connectivity index (χ4v) is 3.37. The second-order valence-electron chi connectivity index (χ2n) is 6.36. The first-order valence-corrected chi connectivity index (χ1v) is 7.76. The number of carbonyl (C=O) groups excluding carboxylic acids is 3. The SMILES string of the molecule is COC(=O)C1CCCN1C(=O)C1CC(=O)N(CC2CC2)C1. The van der Waals surface area contributed by atoms with Crippen molar-refractivity contribution in [2.24, 2.45) is 11.8 Å². The molecule has 0 aromatic carbocycles. The van der Waals surface area contributed by atoms with Crippen LogP contribution in [0.1, 0.15) is 32.1 Å². The normalized spacial score (nSPS) is 29.1. The molecule has 6 nitrogen and oxygen atoms in total. The molecule has 2 amide bonds. The number of rotatable bonds is 4. The van der Waals surface area contributed by atoms with Gasteiger partial charge in [0.25, 0.3) is 0 Å². The number of methoxy groups -OCH3 is 1. The van der Waals surface area contributed by atoms with Gasteiger partial charge < -0.3 is 14.5 Å². The van der Waals surface area contributed by atoms with E-state index in [1.807, 2.05) is 4.90 Å². The van der Waals surface area contributed by atoms with Gasteiger partial charge in [-0.3, -0.25) is 9.59 Å². The van der Waals surface area contributed by atoms with Gasteiger partial charge in [-0.25, -0.2) is 4.79 Å². The summed E-state index contributed by atoms with van der Waals surface area (Å²) in [5, 5.41) is 0. The molecule has 116 valence electrons. The minimum atomic E-state index is -0.463. The van der Waals surface area contributed by atoms with Crippen LogP contribution in [0.2, 0.25) is 0 Å². The Morgan fingerprint density at radius 3 is 2.71 bits per heavy atom. The van der Waals surface area contributed by atoms with Gasteiger partial charge in [0, 0.05) is 26.1 Å². The van der Waals surface area contributed by atoms with E-state index in [-0.39, 0.29) is 30.1 Å². The maximum atomic E-state index is 12.6. The highest BCUT2D eigenvalue weighted by Gasteiger charge is 2.42. The quantitative estimate of drug-likeness (QED) is 0.704. The second-order valence-corrected chi connectivity index (χ2v) is 6.36. The molecular formula is C15H22N2O4. The van der Waals surface area contributed by atoms with Gasteiger partial charge >= 0.3 is 5.97 Å². The number of amides is 2. The lowest BCUT2D eigenvalue weighted by atomic mass is 10.1. The van der Waals surface area contributed by atoms with E-state index in [2.05, 4.69) is 0 Å². The summed E-state index contributed by atoms with van der Waals surface area (Å²) < 4.78 is 4.77. The van der Waals surface area contributed by atoms with Crippen molar-refractivity contribution in [2.75, 3.05) is 26.7 Å². The molecule has 0 radical (unpaired) electrons. The van der Waals surface area contributed by atoms with E-state index in [0.717, 1.165) is 13.0 Å². The maximum absolute atomic E-state index is 12.6. The van der Waals surface area contributed by atoms with Gasteiger partial charge in [-0.05, 0) is 31.6 Å². The van der Waals surface area contributed by atoms with Gasteiger partial charge in [0.15, 0.2) is 0 Å². The molecule has 3 fully saturated rings. The van der Waals surface area contributed by atoms with Crippen LogP contribution in [0.15, 0.2) is 0 Å². The predicted molar refractivity (Wildman–Crippen MR) is 74.2 cm³/mol. The molecule has 0 N–H and O–H groups in total. The number of nitrogens with zero attached hydrogens (tertiary/aromatic N) is 2. The topological polar surface area (TPSA) is 66.9 Å². The first-order valence-electron chi connectivity index (χ1n) is 7.76. The lowest BCUT2D eigenvalue weighted by Gasteiger charge is -2.25. The number of carbonyl (C=O) groups is 3. The predicted octanol–water partition coefficient (Wildman–Crippen LogP) is 0.409. The largest absolute Gasteiger partial charge is 0.467 e. The van der Waals surface area contributed by atoms with Crippen LogP contribution in [0.4, 0.5) is 0 Å². The maximum Gasteiger partial charge on any atom is 0.328 e.